The quantitative estimate of drug-likeness (QED) is 0.241. The zero-order chi connectivity index (χ0) is 24.6. The molecular formula is C29H23N5O2. The number of nitrogens with one attached hydrogen (secondary N) is 4. The lowest BCUT2D eigenvalue weighted by Crippen LogP contribution is -2.26. The lowest BCUT2D eigenvalue weighted by atomic mass is 10.0. The van der Waals surface area contributed by atoms with Crippen LogP contribution in [0.4, 0.5) is 11.4 Å². The van der Waals surface area contributed by atoms with Crippen LogP contribution in [0.5, 0.6) is 0 Å². The van der Waals surface area contributed by atoms with E-state index in [2.05, 4.69) is 20.3 Å². The second-order valence-electron chi connectivity index (χ2n) is 8.69. The van der Waals surface area contributed by atoms with Crippen LogP contribution in [0.1, 0.15) is 20.8 Å². The van der Waals surface area contributed by atoms with Crippen LogP contribution in [-0.2, 0) is 0 Å². The Labute approximate surface area is 206 Å². The maximum Gasteiger partial charge on any atom is 0.274 e. The Kier molecular flexibility index (Phi) is 5.15. The molecule has 2 amide bonds. The number of hydrogen-bond donors (Lipinski definition) is 4. The van der Waals surface area contributed by atoms with Crippen LogP contribution in [0.3, 0.4) is 0 Å². The molecule has 0 spiro atoms. The first-order valence-corrected chi connectivity index (χ1v) is 11.6. The molecule has 3 heterocycles. The molecule has 0 aliphatic heterocycles. The van der Waals surface area contributed by atoms with Gasteiger partial charge in [0.25, 0.3) is 11.8 Å². The second kappa shape index (κ2) is 8.63. The smallest absolute Gasteiger partial charge is 0.274 e. The summed E-state index contributed by atoms with van der Waals surface area (Å²) in [6, 6.07) is 24.8. The number of aromatic amines is 3. The van der Waals surface area contributed by atoms with Crippen molar-refractivity contribution >= 4 is 45.0 Å². The summed E-state index contributed by atoms with van der Waals surface area (Å²) in [5.41, 5.74) is 6.58. The highest BCUT2D eigenvalue weighted by Gasteiger charge is 2.16. The molecule has 4 N–H and O–H groups in total. The SMILES string of the molecule is CN(C(=O)c1ccc[nH]1)c1ccc2c(-c3ccc(C(=O)Nc4ccc5cc[nH]c5c4)cc3)c[nH]c2c1. The van der Waals surface area contributed by atoms with Gasteiger partial charge >= 0.3 is 0 Å². The molecule has 7 heteroatoms. The third-order valence-electron chi connectivity index (χ3n) is 6.46. The number of benzene rings is 3. The Balaban J connectivity index is 1.21. The molecule has 0 aliphatic carbocycles. The van der Waals surface area contributed by atoms with Crippen LogP contribution < -0.4 is 10.2 Å². The Morgan fingerprint density at radius 2 is 1.67 bits per heavy atom. The maximum absolute atomic E-state index is 12.8. The molecule has 0 fully saturated rings. The first kappa shape index (κ1) is 21.5. The topological polar surface area (TPSA) is 96.8 Å². The average molecular weight is 474 g/mol. The van der Waals surface area contributed by atoms with Crippen molar-refractivity contribution in [1.82, 2.24) is 15.0 Å². The molecule has 0 bridgehead atoms. The fourth-order valence-electron chi connectivity index (χ4n) is 4.45. The number of carbonyl (C=O) groups excluding carboxylic acids is 2. The van der Waals surface area contributed by atoms with Gasteiger partial charge in [-0.25, -0.2) is 0 Å². The minimum atomic E-state index is -0.161. The Bertz CT molecular complexity index is 1710. The van der Waals surface area contributed by atoms with Crippen molar-refractivity contribution in [3.05, 3.63) is 109 Å². The van der Waals surface area contributed by atoms with Crippen LogP contribution >= 0.6 is 0 Å². The molecule has 176 valence electrons. The van der Waals surface area contributed by atoms with Gasteiger partial charge in [-0.05, 0) is 65.5 Å². The van der Waals surface area contributed by atoms with Crippen LogP contribution in [0.2, 0.25) is 0 Å². The normalized spacial score (nSPS) is 11.1. The van der Waals surface area contributed by atoms with Gasteiger partial charge in [0.1, 0.15) is 5.69 Å². The van der Waals surface area contributed by atoms with Gasteiger partial charge < -0.3 is 25.2 Å². The highest BCUT2D eigenvalue weighted by atomic mass is 16.2. The van der Waals surface area contributed by atoms with Gasteiger partial charge in [0.2, 0.25) is 0 Å². The van der Waals surface area contributed by atoms with Gasteiger partial charge in [-0.3, -0.25) is 9.59 Å². The summed E-state index contributed by atoms with van der Waals surface area (Å²) in [6.45, 7) is 0. The van der Waals surface area contributed by atoms with Crippen LogP contribution in [-0.4, -0.2) is 33.8 Å². The summed E-state index contributed by atoms with van der Waals surface area (Å²) in [7, 11) is 1.76. The number of hydrogen-bond acceptors (Lipinski definition) is 2. The third-order valence-corrected chi connectivity index (χ3v) is 6.46. The van der Waals surface area contributed by atoms with E-state index in [0.29, 0.717) is 11.3 Å². The van der Waals surface area contributed by atoms with Crippen LogP contribution in [0.15, 0.2) is 97.5 Å². The molecule has 0 aliphatic rings. The van der Waals surface area contributed by atoms with Gasteiger partial charge in [-0.15, -0.1) is 0 Å². The van der Waals surface area contributed by atoms with Crippen molar-refractivity contribution in [2.75, 3.05) is 17.3 Å². The number of H-pyrrole nitrogens is 3. The van der Waals surface area contributed by atoms with Crippen molar-refractivity contribution in [3.8, 4) is 11.1 Å². The molecule has 0 radical (unpaired) electrons. The Morgan fingerprint density at radius 3 is 2.47 bits per heavy atom. The average Bonchev–Trinajstić information content (AvgIpc) is 3.68. The highest BCUT2D eigenvalue weighted by Crippen LogP contribution is 2.31. The Morgan fingerprint density at radius 1 is 0.806 bits per heavy atom. The summed E-state index contributed by atoms with van der Waals surface area (Å²) in [4.78, 5) is 36.5. The summed E-state index contributed by atoms with van der Waals surface area (Å²) < 4.78 is 0. The molecule has 0 unspecified atom stereocenters. The van der Waals surface area contributed by atoms with Gasteiger partial charge in [0.05, 0.1) is 0 Å². The van der Waals surface area contributed by atoms with E-state index >= 15 is 0 Å². The predicted molar refractivity (Wildman–Crippen MR) is 144 cm³/mol. The van der Waals surface area contributed by atoms with E-state index in [1.807, 2.05) is 79.1 Å². The van der Waals surface area contributed by atoms with Crippen molar-refractivity contribution in [1.29, 1.82) is 0 Å². The van der Waals surface area contributed by atoms with Gasteiger partial charge in [-0.1, -0.05) is 24.3 Å². The van der Waals surface area contributed by atoms with E-state index < -0.39 is 0 Å². The third kappa shape index (κ3) is 3.82. The fourth-order valence-corrected chi connectivity index (χ4v) is 4.45. The fraction of sp³-hybridized carbons (Fsp3) is 0.0345. The molecule has 0 atom stereocenters. The van der Waals surface area contributed by atoms with E-state index in [9.17, 15) is 9.59 Å². The van der Waals surface area contributed by atoms with Gasteiger partial charge in [0, 0.05) is 64.6 Å². The van der Waals surface area contributed by atoms with Crippen molar-refractivity contribution in [3.63, 3.8) is 0 Å². The zero-order valence-corrected chi connectivity index (χ0v) is 19.5. The van der Waals surface area contributed by atoms with Crippen molar-refractivity contribution < 1.29 is 9.59 Å². The van der Waals surface area contributed by atoms with E-state index in [4.69, 9.17) is 0 Å². The van der Waals surface area contributed by atoms with Crippen LogP contribution in [0.25, 0.3) is 32.9 Å². The van der Waals surface area contributed by atoms with Crippen molar-refractivity contribution in [2.24, 2.45) is 0 Å². The molecule has 3 aromatic carbocycles. The summed E-state index contributed by atoms with van der Waals surface area (Å²) >= 11 is 0. The summed E-state index contributed by atoms with van der Waals surface area (Å²) in [6.07, 6.45) is 5.56. The molecule has 3 aromatic heterocycles. The first-order chi connectivity index (χ1) is 17.6. The molecule has 7 nitrogen and oxygen atoms in total. The van der Waals surface area contributed by atoms with E-state index in [-0.39, 0.29) is 11.8 Å². The molecule has 36 heavy (non-hydrogen) atoms. The van der Waals surface area contributed by atoms with Gasteiger partial charge in [-0.2, -0.15) is 0 Å². The largest absolute Gasteiger partial charge is 0.361 e. The Hall–Kier alpha value is -5.04. The number of amides is 2. The number of nitrogens with zero attached hydrogens (tertiary/aromatic N) is 1. The minimum absolute atomic E-state index is 0.104. The van der Waals surface area contributed by atoms with E-state index in [0.717, 1.165) is 44.3 Å². The second-order valence-corrected chi connectivity index (χ2v) is 8.69. The predicted octanol–water partition coefficient (Wildman–Crippen LogP) is 6.17. The monoisotopic (exact) mass is 473 g/mol. The number of anilines is 2. The highest BCUT2D eigenvalue weighted by molar-refractivity contribution is 6.07. The molecule has 6 rings (SSSR count). The van der Waals surface area contributed by atoms with Crippen molar-refractivity contribution in [2.45, 2.75) is 0 Å². The molecule has 0 saturated carbocycles. The van der Waals surface area contributed by atoms with Crippen LogP contribution in [0, 0.1) is 0 Å². The molecule has 6 aromatic rings. The number of carbonyl (C=O) groups is 2. The standard InChI is InChI=1S/C29H23N5O2/c1-34(29(36)25-3-2-13-30-25)22-10-11-23-24(17-32-27(23)16-22)18-4-6-20(7-5-18)28(35)33-21-9-8-19-12-14-31-26(19)15-21/h2-17,30-32H,1H3,(H,33,35). The summed E-state index contributed by atoms with van der Waals surface area (Å²) in [5.74, 6) is -0.265. The lowest BCUT2D eigenvalue weighted by Gasteiger charge is -2.16. The summed E-state index contributed by atoms with van der Waals surface area (Å²) in [5, 5.41) is 5.10. The van der Waals surface area contributed by atoms with Gasteiger partial charge in [0.15, 0.2) is 0 Å². The maximum atomic E-state index is 12.8. The van der Waals surface area contributed by atoms with E-state index in [1.54, 1.807) is 30.3 Å². The first-order valence-electron chi connectivity index (χ1n) is 11.6. The lowest BCUT2D eigenvalue weighted by molar-refractivity contribution is 0.0987. The molecule has 0 saturated heterocycles. The number of fused-ring (bicyclic) bond motifs is 2. The molecular weight excluding hydrogens is 450 g/mol. The van der Waals surface area contributed by atoms with E-state index in [1.165, 1.54) is 0 Å². The number of rotatable bonds is 5. The zero-order valence-electron chi connectivity index (χ0n) is 19.5. The number of aromatic nitrogens is 3. The minimum Gasteiger partial charge on any atom is -0.361 e.